The molecule has 1 saturated heterocycles. The molecule has 2 heterocycles. The molecule has 8 nitrogen and oxygen atoms in total. The van der Waals surface area contributed by atoms with Crippen LogP contribution in [-0.4, -0.2) is 44.0 Å². The molecule has 1 amide bonds. The maximum atomic E-state index is 12.7. The Morgan fingerprint density at radius 1 is 1.27 bits per heavy atom. The summed E-state index contributed by atoms with van der Waals surface area (Å²) in [5, 5.41) is 12.1. The summed E-state index contributed by atoms with van der Waals surface area (Å²) in [4.78, 5) is 12.7. The van der Waals surface area contributed by atoms with Crippen molar-refractivity contribution in [3.63, 3.8) is 0 Å². The van der Waals surface area contributed by atoms with E-state index in [1.54, 1.807) is 6.07 Å². The Morgan fingerprint density at radius 3 is 2.65 bits per heavy atom. The SMILES string of the molecule is COc1cc(C(=O)Nc2nnc(C3CCCO3)s2)c(Br)c(OC)c1OC. The van der Waals surface area contributed by atoms with Gasteiger partial charge in [-0.15, -0.1) is 10.2 Å². The largest absolute Gasteiger partial charge is 0.493 e. The molecule has 1 aromatic carbocycles. The summed E-state index contributed by atoms with van der Waals surface area (Å²) in [6, 6.07) is 1.57. The number of halogens is 1. The van der Waals surface area contributed by atoms with E-state index in [1.165, 1.54) is 32.7 Å². The average molecular weight is 444 g/mol. The van der Waals surface area contributed by atoms with E-state index in [-0.39, 0.29) is 12.0 Å². The molecule has 2 aromatic rings. The van der Waals surface area contributed by atoms with Gasteiger partial charge in [0.1, 0.15) is 11.1 Å². The second kappa shape index (κ2) is 8.19. The summed E-state index contributed by atoms with van der Waals surface area (Å²) in [7, 11) is 4.48. The first-order chi connectivity index (χ1) is 12.6. The molecule has 0 saturated carbocycles. The lowest BCUT2D eigenvalue weighted by Gasteiger charge is -2.16. The van der Waals surface area contributed by atoms with Crippen LogP contribution in [0.25, 0.3) is 0 Å². The van der Waals surface area contributed by atoms with E-state index >= 15 is 0 Å². The molecule has 140 valence electrons. The van der Waals surface area contributed by atoms with Crippen molar-refractivity contribution < 1.29 is 23.7 Å². The summed E-state index contributed by atoms with van der Waals surface area (Å²) >= 11 is 4.70. The van der Waals surface area contributed by atoms with Gasteiger partial charge in [0, 0.05) is 6.61 Å². The molecule has 0 aliphatic carbocycles. The van der Waals surface area contributed by atoms with Crippen LogP contribution in [0.3, 0.4) is 0 Å². The quantitative estimate of drug-likeness (QED) is 0.730. The van der Waals surface area contributed by atoms with E-state index in [2.05, 4.69) is 31.4 Å². The predicted molar refractivity (Wildman–Crippen MR) is 99.6 cm³/mol. The summed E-state index contributed by atoms with van der Waals surface area (Å²) in [5.74, 6) is 0.783. The van der Waals surface area contributed by atoms with Gasteiger partial charge in [0.2, 0.25) is 10.9 Å². The molecule has 3 rings (SSSR count). The minimum absolute atomic E-state index is 0.0361. The Hall–Kier alpha value is -1.91. The third-order valence-corrected chi connectivity index (χ3v) is 5.60. The van der Waals surface area contributed by atoms with Crippen molar-refractivity contribution in [2.45, 2.75) is 18.9 Å². The normalized spacial score (nSPS) is 16.4. The molecule has 0 radical (unpaired) electrons. The highest BCUT2D eigenvalue weighted by Crippen LogP contribution is 2.45. The summed E-state index contributed by atoms with van der Waals surface area (Å²) in [5.41, 5.74) is 0.327. The Bertz CT molecular complexity index is 807. The zero-order valence-electron chi connectivity index (χ0n) is 14.5. The zero-order valence-corrected chi connectivity index (χ0v) is 16.9. The van der Waals surface area contributed by atoms with Gasteiger partial charge < -0.3 is 18.9 Å². The average Bonchev–Trinajstić information content (AvgIpc) is 3.32. The van der Waals surface area contributed by atoms with Crippen molar-refractivity contribution in [1.82, 2.24) is 10.2 Å². The number of rotatable bonds is 6. The number of hydrogen-bond acceptors (Lipinski definition) is 8. The number of methoxy groups -OCH3 is 3. The van der Waals surface area contributed by atoms with Crippen molar-refractivity contribution in [1.29, 1.82) is 0 Å². The van der Waals surface area contributed by atoms with Crippen LogP contribution in [0.1, 0.15) is 34.3 Å². The van der Waals surface area contributed by atoms with Crippen molar-refractivity contribution in [2.24, 2.45) is 0 Å². The lowest BCUT2D eigenvalue weighted by Crippen LogP contribution is -2.13. The van der Waals surface area contributed by atoms with Crippen LogP contribution in [0.2, 0.25) is 0 Å². The zero-order chi connectivity index (χ0) is 18.7. The van der Waals surface area contributed by atoms with Gasteiger partial charge in [0.05, 0.1) is 31.4 Å². The second-order valence-electron chi connectivity index (χ2n) is 5.41. The van der Waals surface area contributed by atoms with E-state index in [9.17, 15) is 4.79 Å². The smallest absolute Gasteiger partial charge is 0.258 e. The number of benzene rings is 1. The molecular formula is C16H18BrN3O5S. The molecule has 1 fully saturated rings. The fourth-order valence-electron chi connectivity index (χ4n) is 2.64. The molecule has 1 aliphatic rings. The maximum Gasteiger partial charge on any atom is 0.258 e. The first-order valence-electron chi connectivity index (χ1n) is 7.83. The van der Waals surface area contributed by atoms with Crippen LogP contribution < -0.4 is 19.5 Å². The van der Waals surface area contributed by atoms with Gasteiger partial charge in [0.15, 0.2) is 11.5 Å². The number of carbonyl (C=O) groups is 1. The predicted octanol–water partition coefficient (Wildman–Crippen LogP) is 3.43. The van der Waals surface area contributed by atoms with Crippen LogP contribution >= 0.6 is 27.3 Å². The summed E-state index contributed by atoms with van der Waals surface area (Å²) < 4.78 is 22.0. The minimum Gasteiger partial charge on any atom is -0.493 e. The molecule has 0 bridgehead atoms. The number of aromatic nitrogens is 2. The third kappa shape index (κ3) is 3.62. The third-order valence-electron chi connectivity index (χ3n) is 3.88. The lowest BCUT2D eigenvalue weighted by atomic mass is 10.1. The van der Waals surface area contributed by atoms with Crippen LogP contribution in [0, 0.1) is 0 Å². The van der Waals surface area contributed by atoms with E-state index in [1.807, 2.05) is 0 Å². The van der Waals surface area contributed by atoms with Crippen LogP contribution in [0.15, 0.2) is 10.5 Å². The fraction of sp³-hybridized carbons (Fsp3) is 0.438. The Labute approximate surface area is 162 Å². The van der Waals surface area contributed by atoms with Crippen molar-refractivity contribution in [3.05, 3.63) is 21.1 Å². The molecule has 10 heteroatoms. The number of nitrogens with zero attached hydrogens (tertiary/aromatic N) is 2. The Kier molecular flexibility index (Phi) is 5.94. The fourth-order valence-corrected chi connectivity index (χ4v) is 4.10. The molecule has 1 N–H and O–H groups in total. The highest BCUT2D eigenvalue weighted by atomic mass is 79.9. The molecule has 1 aromatic heterocycles. The molecular weight excluding hydrogens is 426 g/mol. The number of hydrogen-bond donors (Lipinski definition) is 1. The van der Waals surface area contributed by atoms with Gasteiger partial charge in [-0.3, -0.25) is 10.1 Å². The number of ether oxygens (including phenoxy) is 4. The van der Waals surface area contributed by atoms with Gasteiger partial charge in [-0.1, -0.05) is 11.3 Å². The van der Waals surface area contributed by atoms with Gasteiger partial charge >= 0.3 is 0 Å². The van der Waals surface area contributed by atoms with Gasteiger partial charge in [-0.25, -0.2) is 0 Å². The lowest BCUT2D eigenvalue weighted by molar-refractivity contribution is 0.102. The summed E-state index contributed by atoms with van der Waals surface area (Å²) in [6.07, 6.45) is 1.89. The number of nitrogens with one attached hydrogen (secondary N) is 1. The van der Waals surface area contributed by atoms with E-state index < -0.39 is 0 Å². The molecule has 1 aliphatic heterocycles. The van der Waals surface area contributed by atoms with Crippen LogP contribution in [0.5, 0.6) is 17.2 Å². The topological polar surface area (TPSA) is 91.8 Å². The maximum absolute atomic E-state index is 12.7. The Morgan fingerprint density at radius 2 is 2.04 bits per heavy atom. The highest BCUT2D eigenvalue weighted by Gasteiger charge is 2.25. The Balaban J connectivity index is 1.85. The standard InChI is InChI=1S/C16H18BrN3O5S/c1-22-10-7-8(11(17)13(24-3)12(10)23-2)14(21)18-16-20-19-15(26-16)9-5-4-6-25-9/h7,9H,4-6H2,1-3H3,(H,18,20,21). The number of anilines is 1. The minimum atomic E-state index is -0.369. The van der Waals surface area contributed by atoms with Gasteiger partial charge in [-0.05, 0) is 34.8 Å². The molecule has 0 spiro atoms. The second-order valence-corrected chi connectivity index (χ2v) is 7.21. The van der Waals surface area contributed by atoms with Crippen LogP contribution in [0.4, 0.5) is 5.13 Å². The first-order valence-corrected chi connectivity index (χ1v) is 9.44. The summed E-state index contributed by atoms with van der Waals surface area (Å²) in [6.45, 7) is 0.727. The molecule has 1 unspecified atom stereocenters. The van der Waals surface area contributed by atoms with Crippen molar-refractivity contribution in [3.8, 4) is 17.2 Å². The van der Waals surface area contributed by atoms with E-state index in [0.29, 0.717) is 32.4 Å². The highest BCUT2D eigenvalue weighted by molar-refractivity contribution is 9.10. The van der Waals surface area contributed by atoms with Crippen LogP contribution in [-0.2, 0) is 4.74 Å². The van der Waals surface area contributed by atoms with Gasteiger partial charge in [-0.2, -0.15) is 0 Å². The number of carbonyl (C=O) groups excluding carboxylic acids is 1. The van der Waals surface area contributed by atoms with Gasteiger partial charge in [0.25, 0.3) is 5.91 Å². The molecule has 26 heavy (non-hydrogen) atoms. The van der Waals surface area contributed by atoms with Crippen molar-refractivity contribution in [2.75, 3.05) is 33.3 Å². The first kappa shape index (κ1) is 18.9. The molecule has 1 atom stereocenters. The van der Waals surface area contributed by atoms with Crippen molar-refractivity contribution >= 4 is 38.3 Å². The monoisotopic (exact) mass is 443 g/mol. The van der Waals surface area contributed by atoms with E-state index in [4.69, 9.17) is 18.9 Å². The van der Waals surface area contributed by atoms with E-state index in [0.717, 1.165) is 24.5 Å². The number of amides is 1.